The summed E-state index contributed by atoms with van der Waals surface area (Å²) in [5.74, 6) is -1.17. The third kappa shape index (κ3) is 2.45. The van der Waals surface area contributed by atoms with Crippen molar-refractivity contribution in [2.45, 2.75) is 18.6 Å². The van der Waals surface area contributed by atoms with Crippen molar-refractivity contribution in [3.8, 4) is 0 Å². The number of carbonyl (C=O) groups is 1. The van der Waals surface area contributed by atoms with Gasteiger partial charge in [0.15, 0.2) is 0 Å². The van der Waals surface area contributed by atoms with Gasteiger partial charge in [0.25, 0.3) is 0 Å². The molecule has 0 aromatic carbocycles. The van der Waals surface area contributed by atoms with Gasteiger partial charge in [-0.15, -0.1) is 0 Å². The Labute approximate surface area is 72.2 Å². The summed E-state index contributed by atoms with van der Waals surface area (Å²) in [4.78, 5) is 10.3. The minimum atomic E-state index is -4.31. The SMILES string of the molecule is O=C(O)C1=CCC(C(F)(F)F)NC1. The third-order valence-electron chi connectivity index (χ3n) is 1.81. The van der Waals surface area contributed by atoms with E-state index in [2.05, 4.69) is 5.32 Å². The molecule has 1 atom stereocenters. The lowest BCUT2D eigenvalue weighted by Gasteiger charge is -2.24. The summed E-state index contributed by atoms with van der Waals surface area (Å²) in [5, 5.41) is 10.6. The zero-order valence-electron chi connectivity index (χ0n) is 6.56. The van der Waals surface area contributed by atoms with Crippen molar-refractivity contribution in [2.24, 2.45) is 0 Å². The summed E-state index contributed by atoms with van der Waals surface area (Å²) >= 11 is 0. The first-order valence-corrected chi connectivity index (χ1v) is 3.63. The second kappa shape index (κ2) is 3.37. The highest BCUT2D eigenvalue weighted by atomic mass is 19.4. The molecule has 3 nitrogen and oxygen atoms in total. The zero-order chi connectivity index (χ0) is 10.1. The van der Waals surface area contributed by atoms with Gasteiger partial charge in [-0.1, -0.05) is 6.08 Å². The predicted molar refractivity (Wildman–Crippen MR) is 38.2 cm³/mol. The molecule has 0 spiro atoms. The van der Waals surface area contributed by atoms with Gasteiger partial charge in [-0.2, -0.15) is 13.2 Å². The van der Waals surface area contributed by atoms with Crippen molar-refractivity contribution in [3.05, 3.63) is 11.6 Å². The second-order valence-corrected chi connectivity index (χ2v) is 2.75. The van der Waals surface area contributed by atoms with Crippen molar-refractivity contribution in [1.29, 1.82) is 0 Å². The van der Waals surface area contributed by atoms with E-state index in [1.165, 1.54) is 0 Å². The first-order chi connectivity index (χ1) is 5.91. The van der Waals surface area contributed by atoms with E-state index in [1.54, 1.807) is 0 Å². The molecule has 0 saturated heterocycles. The fourth-order valence-corrected chi connectivity index (χ4v) is 1.06. The number of hydrogen-bond donors (Lipinski definition) is 2. The monoisotopic (exact) mass is 195 g/mol. The average molecular weight is 195 g/mol. The lowest BCUT2D eigenvalue weighted by Crippen LogP contribution is -2.45. The number of nitrogens with one attached hydrogen (secondary N) is 1. The first kappa shape index (κ1) is 10.0. The predicted octanol–water partition coefficient (Wildman–Crippen LogP) is 0.922. The van der Waals surface area contributed by atoms with Crippen molar-refractivity contribution in [1.82, 2.24) is 5.32 Å². The van der Waals surface area contributed by atoms with E-state index in [-0.39, 0.29) is 18.5 Å². The summed E-state index contributed by atoms with van der Waals surface area (Å²) in [6.45, 7) is -0.237. The molecule has 0 bridgehead atoms. The normalized spacial score (nSPS) is 23.9. The number of alkyl halides is 3. The lowest BCUT2D eigenvalue weighted by molar-refractivity contribution is -0.156. The smallest absolute Gasteiger partial charge is 0.404 e. The highest BCUT2D eigenvalue weighted by Gasteiger charge is 2.40. The van der Waals surface area contributed by atoms with Gasteiger partial charge >= 0.3 is 12.1 Å². The van der Waals surface area contributed by atoms with Gasteiger partial charge in [-0.05, 0) is 6.42 Å². The Morgan fingerprint density at radius 3 is 2.54 bits per heavy atom. The van der Waals surface area contributed by atoms with Crippen molar-refractivity contribution in [3.63, 3.8) is 0 Å². The molecule has 0 radical (unpaired) electrons. The Hall–Kier alpha value is -1.04. The fraction of sp³-hybridized carbons (Fsp3) is 0.571. The Morgan fingerprint density at radius 1 is 1.62 bits per heavy atom. The summed E-state index contributed by atoms with van der Waals surface area (Å²) in [5.41, 5.74) is -0.0134. The molecule has 0 aromatic rings. The highest BCUT2D eigenvalue weighted by Crippen LogP contribution is 2.25. The number of carboxylic acids is 1. The number of carboxylic acid groups (broad SMARTS) is 1. The summed E-state index contributed by atoms with van der Waals surface area (Å²) < 4.78 is 36.1. The van der Waals surface area contributed by atoms with Gasteiger partial charge in [0.1, 0.15) is 6.04 Å². The molecule has 0 amide bonds. The molecule has 0 aliphatic carbocycles. The molecular formula is C7H8F3NO2. The van der Waals surface area contributed by atoms with Gasteiger partial charge in [-0.3, -0.25) is 0 Å². The molecule has 2 N–H and O–H groups in total. The van der Waals surface area contributed by atoms with E-state index in [9.17, 15) is 18.0 Å². The Balaban J connectivity index is 2.61. The van der Waals surface area contributed by atoms with Gasteiger partial charge in [0.05, 0.1) is 0 Å². The van der Waals surface area contributed by atoms with Crippen molar-refractivity contribution < 1.29 is 23.1 Å². The molecule has 74 valence electrons. The third-order valence-corrected chi connectivity index (χ3v) is 1.81. The maximum absolute atomic E-state index is 12.0. The maximum Gasteiger partial charge on any atom is 0.404 e. The standard InChI is InChI=1S/C7H8F3NO2/c8-7(9,10)5-2-1-4(3-11-5)6(12)13/h1,5,11H,2-3H2,(H,12,13). The van der Waals surface area contributed by atoms with E-state index in [0.717, 1.165) is 6.08 Å². The first-order valence-electron chi connectivity index (χ1n) is 3.63. The van der Waals surface area contributed by atoms with Crippen LogP contribution in [0.5, 0.6) is 0 Å². The highest BCUT2D eigenvalue weighted by molar-refractivity contribution is 5.87. The topological polar surface area (TPSA) is 49.3 Å². The van der Waals surface area contributed by atoms with Crippen LogP contribution in [0.4, 0.5) is 13.2 Å². The summed E-state index contributed by atoms with van der Waals surface area (Å²) in [7, 11) is 0. The van der Waals surface area contributed by atoms with Gasteiger partial charge in [0.2, 0.25) is 0 Å². The molecule has 0 fully saturated rings. The van der Waals surface area contributed by atoms with Crippen LogP contribution in [-0.4, -0.2) is 29.8 Å². The lowest BCUT2D eigenvalue weighted by atomic mass is 10.1. The fourth-order valence-electron chi connectivity index (χ4n) is 1.06. The van der Waals surface area contributed by atoms with Crippen molar-refractivity contribution >= 4 is 5.97 Å². The average Bonchev–Trinajstić information content (AvgIpc) is 2.03. The molecule has 13 heavy (non-hydrogen) atoms. The molecule has 0 aromatic heterocycles. The zero-order valence-corrected chi connectivity index (χ0v) is 6.56. The van der Waals surface area contributed by atoms with E-state index in [1.807, 2.05) is 0 Å². The largest absolute Gasteiger partial charge is 0.478 e. The quantitative estimate of drug-likeness (QED) is 0.654. The van der Waals surface area contributed by atoms with Crippen LogP contribution in [0.2, 0.25) is 0 Å². The number of aliphatic carboxylic acids is 1. The van der Waals surface area contributed by atoms with Crippen LogP contribution < -0.4 is 5.32 Å². The van der Waals surface area contributed by atoms with E-state index >= 15 is 0 Å². The van der Waals surface area contributed by atoms with Crippen LogP contribution >= 0.6 is 0 Å². The maximum atomic E-state index is 12.0. The van der Waals surface area contributed by atoms with Crippen LogP contribution in [0.25, 0.3) is 0 Å². The van der Waals surface area contributed by atoms with E-state index in [4.69, 9.17) is 5.11 Å². The van der Waals surface area contributed by atoms with Crippen molar-refractivity contribution in [2.75, 3.05) is 6.54 Å². The van der Waals surface area contributed by atoms with Gasteiger partial charge < -0.3 is 10.4 Å². The van der Waals surface area contributed by atoms with Crippen LogP contribution in [-0.2, 0) is 4.79 Å². The van der Waals surface area contributed by atoms with Crippen LogP contribution in [0.15, 0.2) is 11.6 Å². The Kier molecular flexibility index (Phi) is 2.60. The molecule has 6 heteroatoms. The van der Waals surface area contributed by atoms with Gasteiger partial charge in [-0.25, -0.2) is 4.79 Å². The minimum Gasteiger partial charge on any atom is -0.478 e. The molecule has 0 saturated carbocycles. The van der Waals surface area contributed by atoms with E-state index in [0.29, 0.717) is 0 Å². The second-order valence-electron chi connectivity index (χ2n) is 2.75. The van der Waals surface area contributed by atoms with Crippen LogP contribution in [0.3, 0.4) is 0 Å². The Bertz CT molecular complexity index is 247. The summed E-state index contributed by atoms with van der Waals surface area (Å²) in [6.07, 6.45) is -3.51. The molecule has 1 unspecified atom stereocenters. The Morgan fingerprint density at radius 2 is 2.23 bits per heavy atom. The molecular weight excluding hydrogens is 187 g/mol. The number of halogens is 3. The van der Waals surface area contributed by atoms with E-state index < -0.39 is 18.2 Å². The molecule has 1 rings (SSSR count). The molecule has 1 aliphatic rings. The summed E-state index contributed by atoms with van der Waals surface area (Å²) in [6, 6.07) is -1.62. The number of hydrogen-bond acceptors (Lipinski definition) is 2. The molecule has 1 aliphatic heterocycles. The molecule has 1 heterocycles. The van der Waals surface area contributed by atoms with Crippen LogP contribution in [0, 0.1) is 0 Å². The van der Waals surface area contributed by atoms with Gasteiger partial charge in [0, 0.05) is 12.1 Å². The van der Waals surface area contributed by atoms with Crippen LogP contribution in [0.1, 0.15) is 6.42 Å². The number of rotatable bonds is 1. The minimum absolute atomic E-state index is 0.0134.